The van der Waals surface area contributed by atoms with E-state index in [0.717, 1.165) is 34.2 Å². The van der Waals surface area contributed by atoms with Gasteiger partial charge in [-0.1, -0.05) is 81.5 Å². The Morgan fingerprint density at radius 1 is 1.21 bits per heavy atom. The lowest BCUT2D eigenvalue weighted by Crippen LogP contribution is -2.10. The fraction of sp³-hybridized carbons (Fsp3) is 0.241. The maximum atomic E-state index is 11.4. The molecule has 5 nitrogen and oxygen atoms in total. The average Bonchev–Trinajstić information content (AvgIpc) is 3.28. The van der Waals surface area contributed by atoms with Crippen molar-refractivity contribution in [2.24, 2.45) is 11.7 Å². The lowest BCUT2D eigenvalue weighted by atomic mass is 9.96. The van der Waals surface area contributed by atoms with E-state index in [1.54, 1.807) is 18.2 Å². The maximum absolute atomic E-state index is 11.4. The molecule has 178 valence electrons. The van der Waals surface area contributed by atoms with Crippen molar-refractivity contribution in [2.45, 2.75) is 40.2 Å². The Labute approximate surface area is 202 Å². The highest BCUT2D eigenvalue weighted by molar-refractivity contribution is 5.96. The molecule has 3 rings (SSSR count). The molecule has 2 atom stereocenters. The summed E-state index contributed by atoms with van der Waals surface area (Å²) in [6, 6.07) is 12.8. The second-order valence-electron chi connectivity index (χ2n) is 7.68. The molecule has 0 spiro atoms. The Morgan fingerprint density at radius 2 is 1.91 bits per heavy atom. The summed E-state index contributed by atoms with van der Waals surface area (Å²) in [5.41, 5.74) is 9.81. The highest BCUT2D eigenvalue weighted by atomic mass is 16.3. The van der Waals surface area contributed by atoms with Crippen LogP contribution in [0, 0.1) is 5.92 Å². The van der Waals surface area contributed by atoms with Crippen molar-refractivity contribution in [2.75, 3.05) is 0 Å². The van der Waals surface area contributed by atoms with Gasteiger partial charge in [0.25, 0.3) is 0 Å². The fourth-order valence-corrected chi connectivity index (χ4v) is 3.52. The Balaban J connectivity index is 0.00000199. The van der Waals surface area contributed by atoms with Crippen molar-refractivity contribution in [3.8, 4) is 11.4 Å². The number of aromatic amines is 1. The van der Waals surface area contributed by atoms with Crippen molar-refractivity contribution in [3.63, 3.8) is 0 Å². The molecule has 3 aromatic rings. The smallest absolute Gasteiger partial charge is 0.248 e. The van der Waals surface area contributed by atoms with Crippen molar-refractivity contribution in [1.29, 1.82) is 0 Å². The van der Waals surface area contributed by atoms with Crippen molar-refractivity contribution in [1.82, 2.24) is 9.97 Å². The van der Waals surface area contributed by atoms with Crippen LogP contribution in [0.1, 0.15) is 56.1 Å². The third-order valence-electron chi connectivity index (χ3n) is 5.15. The maximum Gasteiger partial charge on any atom is 0.248 e. The van der Waals surface area contributed by atoms with E-state index in [2.05, 4.69) is 35.6 Å². The molecule has 0 saturated carbocycles. The molecule has 4 N–H and O–H groups in total. The van der Waals surface area contributed by atoms with Crippen LogP contribution < -0.4 is 5.73 Å². The number of aliphatic hydroxyl groups excluding tert-OH is 1. The van der Waals surface area contributed by atoms with Crippen molar-refractivity contribution >= 4 is 16.9 Å². The molecule has 1 heterocycles. The predicted molar refractivity (Wildman–Crippen MR) is 142 cm³/mol. The Bertz CT molecular complexity index is 1180. The third kappa shape index (κ3) is 6.90. The SMILES string of the molecule is C=CC/C=C\C(=C/C(C)/C=C\C)C(O)c1ccc(-c2nc3ccc(C(N)=O)cc3[nH]2)cc1.CC. The first-order chi connectivity index (χ1) is 16.4. The van der Waals surface area contributed by atoms with Gasteiger partial charge in [-0.25, -0.2) is 4.98 Å². The Kier molecular flexibility index (Phi) is 10.2. The summed E-state index contributed by atoms with van der Waals surface area (Å²) >= 11 is 0. The molecule has 0 bridgehead atoms. The first kappa shape index (κ1) is 26.6. The predicted octanol–water partition coefficient (Wildman–Crippen LogP) is 6.66. The molecule has 0 saturated heterocycles. The zero-order valence-electron chi connectivity index (χ0n) is 20.5. The summed E-state index contributed by atoms with van der Waals surface area (Å²) in [5, 5.41) is 11.0. The van der Waals surface area contributed by atoms with Crippen LogP contribution in [0.2, 0.25) is 0 Å². The number of H-pyrrole nitrogens is 1. The number of rotatable bonds is 9. The van der Waals surface area contributed by atoms with E-state index >= 15 is 0 Å². The number of fused-ring (bicyclic) bond motifs is 1. The number of aromatic nitrogens is 2. The summed E-state index contributed by atoms with van der Waals surface area (Å²) in [4.78, 5) is 19.2. The van der Waals surface area contributed by atoms with Gasteiger partial charge in [0.2, 0.25) is 5.91 Å². The van der Waals surface area contributed by atoms with Gasteiger partial charge in [0.05, 0.1) is 11.0 Å². The monoisotopic (exact) mass is 457 g/mol. The molecule has 5 heteroatoms. The Hall–Kier alpha value is -3.70. The number of nitrogens with two attached hydrogens (primary N) is 1. The van der Waals surface area contributed by atoms with Crippen LogP contribution >= 0.6 is 0 Å². The summed E-state index contributed by atoms with van der Waals surface area (Å²) < 4.78 is 0. The number of benzene rings is 2. The van der Waals surface area contributed by atoms with Crippen LogP contribution in [0.15, 0.2) is 91.1 Å². The van der Waals surface area contributed by atoms with E-state index in [-0.39, 0.29) is 5.92 Å². The molecule has 1 aromatic heterocycles. The molecular formula is C29H35N3O2. The van der Waals surface area contributed by atoms with Gasteiger partial charge >= 0.3 is 0 Å². The normalized spacial score (nSPS) is 13.6. The number of imidazole rings is 1. The zero-order chi connectivity index (χ0) is 25.1. The van der Waals surface area contributed by atoms with Crippen molar-refractivity contribution in [3.05, 3.63) is 102 Å². The second-order valence-corrected chi connectivity index (χ2v) is 7.68. The van der Waals surface area contributed by atoms with Gasteiger partial charge in [0.15, 0.2) is 0 Å². The summed E-state index contributed by atoms with van der Waals surface area (Å²) in [6.07, 6.45) is 11.9. The number of nitrogens with one attached hydrogen (secondary N) is 1. The van der Waals surface area contributed by atoms with Gasteiger partial charge in [-0.3, -0.25) is 4.79 Å². The molecule has 0 radical (unpaired) electrons. The van der Waals surface area contributed by atoms with E-state index in [9.17, 15) is 9.90 Å². The van der Waals surface area contributed by atoms with Gasteiger partial charge in [-0.15, -0.1) is 6.58 Å². The van der Waals surface area contributed by atoms with Crippen LogP contribution in [0.5, 0.6) is 0 Å². The van der Waals surface area contributed by atoms with Gasteiger partial charge in [0, 0.05) is 11.1 Å². The summed E-state index contributed by atoms with van der Waals surface area (Å²) in [5.74, 6) is 0.417. The molecule has 1 amide bonds. The van der Waals surface area contributed by atoms with Crippen molar-refractivity contribution < 1.29 is 9.90 Å². The lowest BCUT2D eigenvalue weighted by molar-refractivity contribution is 0.100. The van der Waals surface area contributed by atoms with E-state index in [4.69, 9.17) is 5.73 Å². The average molecular weight is 458 g/mol. The van der Waals surface area contributed by atoms with Crippen LogP contribution in [-0.2, 0) is 0 Å². The van der Waals surface area contributed by atoms with Gasteiger partial charge in [-0.2, -0.15) is 0 Å². The van der Waals surface area contributed by atoms with E-state index in [0.29, 0.717) is 11.4 Å². The number of hydrogen-bond donors (Lipinski definition) is 3. The number of allylic oxidation sites excluding steroid dienone is 5. The quantitative estimate of drug-likeness (QED) is 0.248. The highest BCUT2D eigenvalue weighted by Gasteiger charge is 2.14. The summed E-state index contributed by atoms with van der Waals surface area (Å²) in [7, 11) is 0. The molecular weight excluding hydrogens is 422 g/mol. The molecule has 2 unspecified atom stereocenters. The number of amides is 1. The lowest BCUT2D eigenvalue weighted by Gasteiger charge is -2.15. The minimum absolute atomic E-state index is 0.207. The molecule has 0 aliphatic rings. The topological polar surface area (TPSA) is 92.0 Å². The van der Waals surface area contributed by atoms with Gasteiger partial charge < -0.3 is 15.8 Å². The van der Waals surface area contributed by atoms with Crippen LogP contribution in [0.3, 0.4) is 0 Å². The van der Waals surface area contributed by atoms with E-state index in [1.807, 2.05) is 69.3 Å². The number of hydrogen-bond acceptors (Lipinski definition) is 3. The summed E-state index contributed by atoms with van der Waals surface area (Å²) in [6.45, 7) is 11.8. The molecule has 34 heavy (non-hydrogen) atoms. The molecule has 2 aromatic carbocycles. The highest BCUT2D eigenvalue weighted by Crippen LogP contribution is 2.28. The minimum atomic E-state index is -0.744. The minimum Gasteiger partial charge on any atom is -0.384 e. The number of nitrogens with zero attached hydrogens (tertiary/aromatic N) is 1. The van der Waals surface area contributed by atoms with Crippen LogP contribution in [0.4, 0.5) is 0 Å². The molecule has 0 fully saturated rings. The number of primary amides is 1. The second kappa shape index (κ2) is 13.1. The standard InChI is InChI=1S/C27H29N3O2.C2H6/c1-4-6-7-9-21(16-18(3)8-5-2)25(31)19-10-12-20(13-11-19)27-29-23-15-14-22(26(28)32)17-24(23)30-27;1-2/h4-5,7-18,25,31H,1,6H2,2-3H3,(H2,28,32)(H,29,30);1-2H3/b8-5-,9-7-,21-16+;. The Morgan fingerprint density at radius 3 is 2.53 bits per heavy atom. The van der Waals surface area contributed by atoms with Crippen LogP contribution in [0.25, 0.3) is 22.4 Å². The number of aliphatic hydroxyl groups is 1. The van der Waals surface area contributed by atoms with Gasteiger partial charge in [0.1, 0.15) is 11.9 Å². The van der Waals surface area contributed by atoms with Crippen LogP contribution in [-0.4, -0.2) is 21.0 Å². The number of carbonyl (C=O) groups is 1. The molecule has 0 aliphatic heterocycles. The zero-order valence-corrected chi connectivity index (χ0v) is 20.5. The third-order valence-corrected chi connectivity index (χ3v) is 5.15. The fourth-order valence-electron chi connectivity index (χ4n) is 3.52. The first-order valence-corrected chi connectivity index (χ1v) is 11.6. The van der Waals surface area contributed by atoms with Gasteiger partial charge in [-0.05, 0) is 48.6 Å². The first-order valence-electron chi connectivity index (χ1n) is 11.6. The number of carbonyl (C=O) groups excluding carboxylic acids is 1. The van der Waals surface area contributed by atoms with E-state index in [1.165, 1.54) is 0 Å². The van der Waals surface area contributed by atoms with E-state index < -0.39 is 12.0 Å². The largest absolute Gasteiger partial charge is 0.384 e. The molecule has 0 aliphatic carbocycles.